The van der Waals surface area contributed by atoms with Gasteiger partial charge >= 0.3 is 0 Å². The Hall–Kier alpha value is -1.06. The topological polar surface area (TPSA) is 21.3 Å². The molecule has 0 unspecified atom stereocenters. The second kappa shape index (κ2) is 5.32. The van der Waals surface area contributed by atoms with Crippen LogP contribution in [0.4, 0.5) is 0 Å². The van der Waals surface area contributed by atoms with Crippen molar-refractivity contribution in [2.24, 2.45) is 0 Å². The maximum absolute atomic E-state index is 5.68. The van der Waals surface area contributed by atoms with Crippen LogP contribution < -0.4 is 10.1 Å². The number of hydrogen-bond acceptors (Lipinski definition) is 2. The number of rotatable bonds is 4. The van der Waals surface area contributed by atoms with E-state index in [4.69, 9.17) is 4.74 Å². The van der Waals surface area contributed by atoms with Gasteiger partial charge in [0.25, 0.3) is 0 Å². The molecule has 0 bridgehead atoms. The molecule has 0 radical (unpaired) electrons. The molecule has 0 atom stereocenters. The van der Waals surface area contributed by atoms with Crippen molar-refractivity contribution in [1.82, 2.24) is 5.32 Å². The van der Waals surface area contributed by atoms with E-state index in [0.29, 0.717) is 6.61 Å². The molecular formula is C13H14BrNO. The molecule has 1 N–H and O–H groups in total. The summed E-state index contributed by atoms with van der Waals surface area (Å²) >= 11 is 3.59. The van der Waals surface area contributed by atoms with Crippen molar-refractivity contribution >= 4 is 26.7 Å². The van der Waals surface area contributed by atoms with Crippen molar-refractivity contribution in [2.45, 2.75) is 0 Å². The Labute approximate surface area is 104 Å². The zero-order valence-corrected chi connectivity index (χ0v) is 10.8. The van der Waals surface area contributed by atoms with Crippen LogP contribution in [-0.4, -0.2) is 20.2 Å². The van der Waals surface area contributed by atoms with Gasteiger partial charge in [-0.25, -0.2) is 0 Å². The molecule has 2 rings (SSSR count). The first-order valence-corrected chi connectivity index (χ1v) is 6.07. The average molecular weight is 280 g/mol. The van der Waals surface area contributed by atoms with E-state index >= 15 is 0 Å². The van der Waals surface area contributed by atoms with Gasteiger partial charge in [0.1, 0.15) is 12.4 Å². The number of benzene rings is 2. The third-order valence-corrected chi connectivity index (χ3v) is 3.26. The fourth-order valence-electron chi connectivity index (χ4n) is 1.59. The van der Waals surface area contributed by atoms with E-state index in [-0.39, 0.29) is 0 Å². The number of likely N-dealkylation sites (N-methyl/N-ethyl adjacent to an activating group) is 1. The highest BCUT2D eigenvalue weighted by Gasteiger charge is 2.04. The lowest BCUT2D eigenvalue weighted by Gasteiger charge is -2.09. The third kappa shape index (κ3) is 2.36. The van der Waals surface area contributed by atoms with E-state index in [2.05, 4.69) is 39.4 Å². The van der Waals surface area contributed by atoms with Gasteiger partial charge < -0.3 is 10.1 Å². The summed E-state index contributed by atoms with van der Waals surface area (Å²) in [6.07, 6.45) is 0. The summed E-state index contributed by atoms with van der Waals surface area (Å²) in [4.78, 5) is 0. The minimum atomic E-state index is 0.674. The van der Waals surface area contributed by atoms with E-state index in [1.54, 1.807) is 0 Å². The third-order valence-electron chi connectivity index (χ3n) is 2.44. The van der Waals surface area contributed by atoms with Crippen LogP contribution >= 0.6 is 15.9 Å². The van der Waals surface area contributed by atoms with Crippen LogP contribution in [0.25, 0.3) is 10.8 Å². The first-order valence-electron chi connectivity index (χ1n) is 5.27. The molecule has 0 aliphatic heterocycles. The molecule has 0 spiro atoms. The van der Waals surface area contributed by atoms with Crippen LogP contribution in [0.3, 0.4) is 0 Å². The predicted octanol–water partition coefficient (Wildman–Crippen LogP) is 3.20. The normalized spacial score (nSPS) is 10.6. The van der Waals surface area contributed by atoms with Crippen LogP contribution in [-0.2, 0) is 0 Å². The van der Waals surface area contributed by atoms with Crippen molar-refractivity contribution in [1.29, 1.82) is 0 Å². The molecule has 0 aliphatic rings. The van der Waals surface area contributed by atoms with Gasteiger partial charge in [-0.3, -0.25) is 0 Å². The average Bonchev–Trinajstić information content (AvgIpc) is 2.33. The maximum Gasteiger partial charge on any atom is 0.134 e. The van der Waals surface area contributed by atoms with Crippen LogP contribution in [0.5, 0.6) is 5.75 Å². The Bertz CT molecular complexity index is 484. The quantitative estimate of drug-likeness (QED) is 0.868. The first-order chi connectivity index (χ1) is 7.83. The second-order valence-corrected chi connectivity index (χ2v) is 4.34. The van der Waals surface area contributed by atoms with Crippen LogP contribution in [0.1, 0.15) is 0 Å². The first kappa shape index (κ1) is 11.4. The van der Waals surface area contributed by atoms with Gasteiger partial charge in [-0.05, 0) is 39.8 Å². The minimum Gasteiger partial charge on any atom is -0.491 e. The molecule has 0 saturated carbocycles. The second-order valence-electron chi connectivity index (χ2n) is 3.55. The van der Waals surface area contributed by atoms with Crippen LogP contribution in [0, 0.1) is 0 Å². The highest BCUT2D eigenvalue weighted by molar-refractivity contribution is 9.10. The lowest BCUT2D eigenvalue weighted by atomic mass is 10.1. The number of ether oxygens (including phenoxy) is 1. The standard InChI is InChI=1S/C13H14BrNO/c1-15-8-9-16-12-7-6-10-4-2-3-5-11(10)13(12)14/h2-7,15H,8-9H2,1H3. The summed E-state index contributed by atoms with van der Waals surface area (Å²) in [6.45, 7) is 1.52. The van der Waals surface area contributed by atoms with Gasteiger partial charge in [-0.2, -0.15) is 0 Å². The van der Waals surface area contributed by atoms with Crippen molar-refractivity contribution in [2.75, 3.05) is 20.2 Å². The molecule has 0 aromatic heterocycles. The molecule has 84 valence electrons. The Morgan fingerprint density at radius 2 is 2.00 bits per heavy atom. The number of halogens is 1. The molecule has 0 saturated heterocycles. The van der Waals surface area contributed by atoms with Crippen molar-refractivity contribution < 1.29 is 4.74 Å². The minimum absolute atomic E-state index is 0.674. The van der Waals surface area contributed by atoms with Crippen molar-refractivity contribution in [3.8, 4) is 5.75 Å². The summed E-state index contributed by atoms with van der Waals surface area (Å²) in [7, 11) is 1.92. The summed E-state index contributed by atoms with van der Waals surface area (Å²) in [5.74, 6) is 0.897. The molecule has 0 heterocycles. The molecule has 2 nitrogen and oxygen atoms in total. The van der Waals surface area contributed by atoms with E-state index in [1.807, 2.05) is 25.2 Å². The molecular weight excluding hydrogens is 266 g/mol. The van der Waals surface area contributed by atoms with Gasteiger partial charge in [-0.15, -0.1) is 0 Å². The molecule has 0 amide bonds. The zero-order valence-electron chi connectivity index (χ0n) is 9.16. The Kier molecular flexibility index (Phi) is 3.80. The lowest BCUT2D eigenvalue weighted by Crippen LogP contribution is -2.16. The molecule has 0 aliphatic carbocycles. The fourth-order valence-corrected chi connectivity index (χ4v) is 2.20. The van der Waals surface area contributed by atoms with Crippen LogP contribution in [0.15, 0.2) is 40.9 Å². The monoisotopic (exact) mass is 279 g/mol. The molecule has 2 aromatic carbocycles. The molecule has 16 heavy (non-hydrogen) atoms. The van der Waals surface area contributed by atoms with Gasteiger partial charge in [0, 0.05) is 6.54 Å². The highest BCUT2D eigenvalue weighted by Crippen LogP contribution is 2.32. The molecule has 0 fully saturated rings. The molecule has 3 heteroatoms. The smallest absolute Gasteiger partial charge is 0.134 e. The highest BCUT2D eigenvalue weighted by atomic mass is 79.9. The van der Waals surface area contributed by atoms with Gasteiger partial charge in [0.2, 0.25) is 0 Å². The number of nitrogens with one attached hydrogen (secondary N) is 1. The number of fused-ring (bicyclic) bond motifs is 1. The zero-order chi connectivity index (χ0) is 11.4. The fraction of sp³-hybridized carbons (Fsp3) is 0.231. The Morgan fingerprint density at radius 1 is 1.19 bits per heavy atom. The van der Waals surface area contributed by atoms with E-state index in [9.17, 15) is 0 Å². The SMILES string of the molecule is CNCCOc1ccc2ccccc2c1Br. The van der Waals surface area contributed by atoms with Gasteiger partial charge in [0.05, 0.1) is 4.47 Å². The number of hydrogen-bond donors (Lipinski definition) is 1. The van der Waals surface area contributed by atoms with Gasteiger partial charge in [0.15, 0.2) is 0 Å². The summed E-state index contributed by atoms with van der Waals surface area (Å²) < 4.78 is 6.71. The van der Waals surface area contributed by atoms with Crippen molar-refractivity contribution in [3.05, 3.63) is 40.9 Å². The Balaban J connectivity index is 2.29. The van der Waals surface area contributed by atoms with Crippen molar-refractivity contribution in [3.63, 3.8) is 0 Å². The largest absolute Gasteiger partial charge is 0.491 e. The van der Waals surface area contributed by atoms with Gasteiger partial charge in [-0.1, -0.05) is 30.3 Å². The lowest BCUT2D eigenvalue weighted by molar-refractivity contribution is 0.317. The summed E-state index contributed by atoms with van der Waals surface area (Å²) in [5.41, 5.74) is 0. The summed E-state index contributed by atoms with van der Waals surface area (Å²) in [6, 6.07) is 12.3. The van der Waals surface area contributed by atoms with Crippen LogP contribution in [0.2, 0.25) is 0 Å². The van der Waals surface area contributed by atoms with E-state index in [1.165, 1.54) is 10.8 Å². The molecule has 2 aromatic rings. The maximum atomic E-state index is 5.68. The predicted molar refractivity (Wildman–Crippen MR) is 71.1 cm³/mol. The summed E-state index contributed by atoms with van der Waals surface area (Å²) in [5, 5.41) is 5.46. The van der Waals surface area contributed by atoms with E-state index < -0.39 is 0 Å². The Morgan fingerprint density at radius 3 is 2.81 bits per heavy atom. The van der Waals surface area contributed by atoms with E-state index in [0.717, 1.165) is 16.8 Å².